The smallest absolute Gasteiger partial charge is 0.327 e. The van der Waals surface area contributed by atoms with Crippen molar-refractivity contribution < 1.29 is 48.5 Å². The van der Waals surface area contributed by atoms with Crippen LogP contribution in [0, 0.1) is 17.8 Å². The molecule has 2 rings (SSSR count). The Balaban J connectivity index is 2.62. The Labute approximate surface area is 345 Å². The van der Waals surface area contributed by atoms with Crippen molar-refractivity contribution in [2.24, 2.45) is 34.2 Å². The molecule has 1 aromatic rings. The first-order chi connectivity index (χ1) is 27.8. The van der Waals surface area contributed by atoms with Gasteiger partial charge in [-0.1, -0.05) is 81.8 Å². The van der Waals surface area contributed by atoms with Crippen molar-refractivity contribution in [3.63, 3.8) is 0 Å². The van der Waals surface area contributed by atoms with Crippen molar-refractivity contribution in [2.45, 2.75) is 109 Å². The average Bonchev–Trinajstić information content (AvgIpc) is 3.19. The van der Waals surface area contributed by atoms with Gasteiger partial charge in [0.1, 0.15) is 24.2 Å². The van der Waals surface area contributed by atoms with E-state index in [0.717, 1.165) is 16.0 Å². The van der Waals surface area contributed by atoms with Gasteiger partial charge in [-0.15, -0.1) is 0 Å². The third-order valence-corrected chi connectivity index (χ3v) is 10.4. The van der Waals surface area contributed by atoms with Crippen LogP contribution in [0.4, 0.5) is 0 Å². The Morgan fingerprint density at radius 2 is 1.59 bits per heavy atom. The number of likely N-dealkylation sites (N-methyl/N-ethyl adjacent to an activating group) is 1. The van der Waals surface area contributed by atoms with E-state index in [1.165, 1.54) is 20.9 Å². The van der Waals surface area contributed by atoms with Crippen LogP contribution in [0.2, 0.25) is 0 Å². The zero-order chi connectivity index (χ0) is 44.4. The summed E-state index contributed by atoms with van der Waals surface area (Å²) in [7, 11) is 2.95. The summed E-state index contributed by atoms with van der Waals surface area (Å²) in [5, 5.41) is 30.3. The van der Waals surface area contributed by atoms with Crippen LogP contribution in [0.5, 0.6) is 0 Å². The van der Waals surface area contributed by atoms with Crippen molar-refractivity contribution in [2.75, 3.05) is 20.7 Å². The fraction of sp³-hybridized carbons (Fsp3) is 0.561. The molecule has 0 bridgehead atoms. The number of ether oxygens (including phenoxy) is 1. The summed E-state index contributed by atoms with van der Waals surface area (Å²) >= 11 is 0. The quantitative estimate of drug-likeness (QED) is 0.0561. The van der Waals surface area contributed by atoms with Crippen LogP contribution in [0.1, 0.15) is 72.3 Å². The van der Waals surface area contributed by atoms with Gasteiger partial charge in [-0.2, -0.15) is 0 Å². The first-order valence-electron chi connectivity index (χ1n) is 19.7. The molecule has 1 fully saturated rings. The Morgan fingerprint density at radius 1 is 0.949 bits per heavy atom. The second-order valence-corrected chi connectivity index (χ2v) is 14.9. The van der Waals surface area contributed by atoms with Crippen LogP contribution in [0.15, 0.2) is 59.1 Å². The Hall–Kier alpha value is -5.78. The van der Waals surface area contributed by atoms with Crippen molar-refractivity contribution in [1.82, 2.24) is 26.2 Å². The number of carbonyl (C=O) groups is 7. The standard InChI is InChI=1S/C41H62N8O10/c1-8-31-38(54)48-34(40(57)58)26(5)36(52)46-29(15-12-20-44-41(42)43)37(53)45-28(25(4)35(51)47-30(39(55)56)18-19-33(50)49(31)6)17-16-23(2)21-24(3)32(59-7)22-27-13-10-9-11-14-27/h9-11,13-14,16-17,21,24-26,28-32,34H,8,12,15,18-20,22H2,1-7H3,(H,45,53)(H,46,52)(H,47,51)(H,48,54)(H,55,56)(H,57,58)(H4,42,43,44)/b17-16?,23-21+/t24-,25-,26-,28-,29-,30+,31+,32-,34+/m0/s1. The molecule has 18 heteroatoms. The second-order valence-electron chi connectivity index (χ2n) is 14.9. The van der Waals surface area contributed by atoms with Crippen LogP contribution in [-0.4, -0.2) is 120 Å². The number of hydrogen-bond acceptors (Lipinski definition) is 9. The van der Waals surface area contributed by atoms with E-state index in [0.29, 0.717) is 6.42 Å². The maximum absolute atomic E-state index is 14.1. The highest BCUT2D eigenvalue weighted by molar-refractivity contribution is 5.95. The van der Waals surface area contributed by atoms with E-state index in [4.69, 9.17) is 16.2 Å². The third-order valence-electron chi connectivity index (χ3n) is 10.4. The number of nitrogens with two attached hydrogens (primary N) is 2. The van der Waals surface area contributed by atoms with E-state index in [1.807, 2.05) is 50.3 Å². The lowest BCUT2D eigenvalue weighted by Gasteiger charge is -2.29. The molecule has 59 heavy (non-hydrogen) atoms. The van der Waals surface area contributed by atoms with Crippen LogP contribution in [-0.2, 0) is 44.7 Å². The maximum Gasteiger partial charge on any atom is 0.327 e. The van der Waals surface area contributed by atoms with Gasteiger partial charge in [0.05, 0.1) is 24.0 Å². The second kappa shape index (κ2) is 24.2. The van der Waals surface area contributed by atoms with Crippen molar-refractivity contribution in [3.05, 3.63) is 59.7 Å². The van der Waals surface area contributed by atoms with Crippen molar-refractivity contribution >= 4 is 47.4 Å². The van der Waals surface area contributed by atoms with Gasteiger partial charge in [0.25, 0.3) is 0 Å². The van der Waals surface area contributed by atoms with Gasteiger partial charge in [0.15, 0.2) is 5.96 Å². The number of carboxylic acid groups (broad SMARTS) is 2. The molecule has 0 saturated carbocycles. The van der Waals surface area contributed by atoms with E-state index in [9.17, 15) is 43.8 Å². The summed E-state index contributed by atoms with van der Waals surface area (Å²) in [5.74, 6) is -9.57. The number of allylic oxidation sites excluding steroid dienone is 2. The molecular formula is C41H62N8O10. The predicted octanol–water partition coefficient (Wildman–Crippen LogP) is 0.848. The van der Waals surface area contributed by atoms with Crippen LogP contribution in [0.3, 0.4) is 0 Å². The first kappa shape index (κ1) is 49.4. The summed E-state index contributed by atoms with van der Waals surface area (Å²) in [5.41, 5.74) is 12.8. The lowest BCUT2D eigenvalue weighted by molar-refractivity contribution is -0.148. The number of hydrogen-bond donors (Lipinski definition) is 8. The SMILES string of the molecule is CC[C@@H]1C(=O)N[C@@H](C(=O)O)[C@H](C)C(=O)N[C@@H](CCCN=C(N)N)C(=O)N[C@@H](C=C/C(C)=C/[C@H](C)[C@H](Cc2ccccc2)OC)[C@H](C)C(=O)N[C@@H](C(=O)O)CCC(=O)N1C. The number of carbonyl (C=O) groups excluding carboxylic acids is 5. The van der Waals surface area contributed by atoms with Gasteiger partial charge in [0.2, 0.25) is 29.5 Å². The fourth-order valence-corrected chi connectivity index (χ4v) is 6.62. The largest absolute Gasteiger partial charge is 0.480 e. The monoisotopic (exact) mass is 826 g/mol. The summed E-state index contributed by atoms with van der Waals surface area (Å²) in [6, 6.07) is 3.04. The number of methoxy groups -OCH3 is 1. The van der Waals surface area contributed by atoms with Gasteiger partial charge < -0.3 is 52.6 Å². The molecule has 10 N–H and O–H groups in total. The van der Waals surface area contributed by atoms with Crippen LogP contribution >= 0.6 is 0 Å². The normalized spacial score (nSPS) is 25.6. The molecule has 18 nitrogen and oxygen atoms in total. The van der Waals surface area contributed by atoms with Crippen LogP contribution in [0.25, 0.3) is 0 Å². The van der Waals surface area contributed by atoms with Gasteiger partial charge in [-0.25, -0.2) is 9.59 Å². The number of carboxylic acids is 2. The number of amides is 5. The number of benzene rings is 1. The first-order valence-corrected chi connectivity index (χ1v) is 19.7. The summed E-state index contributed by atoms with van der Waals surface area (Å²) < 4.78 is 5.79. The fourth-order valence-electron chi connectivity index (χ4n) is 6.62. The third kappa shape index (κ3) is 15.8. The molecule has 0 spiro atoms. The number of nitrogens with one attached hydrogen (secondary N) is 4. The molecule has 326 valence electrons. The van der Waals surface area contributed by atoms with Crippen molar-refractivity contribution in [3.8, 4) is 0 Å². The Morgan fingerprint density at radius 3 is 2.17 bits per heavy atom. The lowest BCUT2D eigenvalue weighted by atomic mass is 9.94. The average molecular weight is 827 g/mol. The lowest BCUT2D eigenvalue weighted by Crippen LogP contribution is -2.57. The minimum Gasteiger partial charge on any atom is -0.480 e. The van der Waals surface area contributed by atoms with Gasteiger partial charge >= 0.3 is 11.9 Å². The number of aliphatic carboxylic acids is 2. The predicted molar refractivity (Wildman–Crippen MR) is 220 cm³/mol. The minimum atomic E-state index is -1.76. The molecule has 5 amide bonds. The molecule has 9 atom stereocenters. The topological polar surface area (TPSA) is 285 Å². The number of nitrogens with zero attached hydrogens (tertiary/aromatic N) is 2. The highest BCUT2D eigenvalue weighted by Crippen LogP contribution is 2.19. The van der Waals surface area contributed by atoms with E-state index >= 15 is 0 Å². The van der Waals surface area contributed by atoms with Gasteiger partial charge in [0, 0.05) is 33.0 Å². The molecule has 1 aliphatic heterocycles. The number of rotatable bonds is 14. The molecule has 0 unspecified atom stereocenters. The summed E-state index contributed by atoms with van der Waals surface area (Å²) in [4.78, 5) is 97.8. The molecule has 0 aromatic heterocycles. The molecule has 1 heterocycles. The van der Waals surface area contributed by atoms with Crippen LogP contribution < -0.4 is 32.7 Å². The number of guanidine groups is 1. The summed E-state index contributed by atoms with van der Waals surface area (Å²) in [6.45, 7) is 8.27. The Kier molecular flexibility index (Phi) is 20.3. The minimum absolute atomic E-state index is 0.0235. The Bertz CT molecular complexity index is 1710. The summed E-state index contributed by atoms with van der Waals surface area (Å²) in [6.07, 6.45) is 5.26. The molecule has 0 aliphatic carbocycles. The molecular weight excluding hydrogens is 764 g/mol. The zero-order valence-corrected chi connectivity index (χ0v) is 35.0. The molecule has 1 aliphatic rings. The van der Waals surface area contributed by atoms with Gasteiger partial charge in [-0.05, 0) is 44.6 Å². The van der Waals surface area contributed by atoms with E-state index < -0.39 is 83.5 Å². The van der Waals surface area contributed by atoms with Crippen molar-refractivity contribution in [1.29, 1.82) is 0 Å². The van der Waals surface area contributed by atoms with E-state index in [-0.39, 0.29) is 56.6 Å². The van der Waals surface area contributed by atoms with E-state index in [2.05, 4.69) is 26.3 Å². The highest BCUT2D eigenvalue weighted by Gasteiger charge is 2.37. The highest BCUT2D eigenvalue weighted by atomic mass is 16.5. The van der Waals surface area contributed by atoms with E-state index in [1.54, 1.807) is 26.2 Å². The number of aliphatic imine (C=N–C) groups is 1. The maximum atomic E-state index is 14.1. The molecule has 1 aromatic carbocycles. The van der Waals surface area contributed by atoms with Gasteiger partial charge in [-0.3, -0.25) is 29.0 Å². The zero-order valence-electron chi connectivity index (χ0n) is 35.0. The molecule has 0 radical (unpaired) electrons. The molecule has 1 saturated heterocycles.